The van der Waals surface area contributed by atoms with E-state index in [1.165, 1.54) is 118 Å². The zero-order valence-electron chi connectivity index (χ0n) is 57.2. The molecule has 578 valence electrons. The summed E-state index contributed by atoms with van der Waals surface area (Å²) in [5.74, 6) is -11.0. The van der Waals surface area contributed by atoms with Crippen molar-refractivity contribution in [2.75, 3.05) is 102 Å². The number of likely N-dealkylation sites (N-methyl/N-ethyl adjacent to an activating group) is 4. The Kier molecular flexibility index (Phi) is 32.2. The first kappa shape index (κ1) is 89.2. The van der Waals surface area contributed by atoms with Crippen LogP contribution in [0.3, 0.4) is 0 Å². The number of aliphatic hydroxyl groups is 4. The van der Waals surface area contributed by atoms with Crippen molar-refractivity contribution in [1.29, 1.82) is 0 Å². The van der Waals surface area contributed by atoms with E-state index in [1.54, 1.807) is 14.0 Å². The molecule has 4 amide bonds. The Balaban J connectivity index is 0.000000256. The maximum absolute atomic E-state index is 14.2. The average Bonchev–Trinajstić information content (AvgIpc) is 0.756. The molecule has 0 bridgehead atoms. The highest BCUT2D eigenvalue weighted by Gasteiger charge is 2.29. The Morgan fingerprint density at radius 3 is 1.17 bits per heavy atom. The minimum absolute atomic E-state index is 0.0118. The molecule has 8 aromatic carbocycles. The highest BCUT2D eigenvalue weighted by molar-refractivity contribution is 9.10. The number of amides is 4. The van der Waals surface area contributed by atoms with Gasteiger partial charge in [0.15, 0.2) is 34.9 Å². The van der Waals surface area contributed by atoms with Crippen molar-refractivity contribution >= 4 is 131 Å². The van der Waals surface area contributed by atoms with Crippen molar-refractivity contribution in [2.45, 2.75) is 40.4 Å². The van der Waals surface area contributed by atoms with Crippen LogP contribution in [0.1, 0.15) is 58.1 Å². The summed E-state index contributed by atoms with van der Waals surface area (Å²) in [6, 6.07) is 24.1. The van der Waals surface area contributed by atoms with E-state index in [0.717, 1.165) is 37.2 Å². The van der Waals surface area contributed by atoms with Gasteiger partial charge in [0.05, 0.1) is 76.5 Å². The normalized spacial score (nSPS) is 12.1. The van der Waals surface area contributed by atoms with Crippen molar-refractivity contribution in [1.82, 2.24) is 17.2 Å². The predicted molar refractivity (Wildman–Crippen MR) is 389 cm³/mol. The number of nitrogens with one attached hydrogen (secondary N) is 4. The van der Waals surface area contributed by atoms with Crippen LogP contribution in [0, 0.1) is 73.1 Å². The number of aryl methyl sites for hydroxylation is 3. The number of carbonyl (C=O) groups is 4. The van der Waals surface area contributed by atoms with Gasteiger partial charge < -0.3 is 41.7 Å². The molecule has 23 nitrogen and oxygen atoms in total. The number of rotatable bonds is 24. The number of carbonyl (C=O) groups excluding carboxylic acids is 4. The SMILES string of the molecule is C=S(=O)(c1ccc(Cl)c(C(=O)Nc2ccc(F)c(Cl)c2)c1)N(C)CCO.Cc1cc(F)c(C(=O)Nc2cc(F)c(F)c(F)c2)cc1S(=O)(=O)N(C)CCO.Cc1ccc(C(=O)Nc2cc(F)c(F)c(F)c2)cc1S(=O)(=O)N(C)CCO.Cc1ccc(C(=O)Nc2ccc(F)c(Br)c2)cc1S(=O)(=O)N(C)CCO. The molecule has 107 heavy (non-hydrogen) atoms. The summed E-state index contributed by atoms with van der Waals surface area (Å²) in [6.45, 7) is 2.88. The molecule has 0 aliphatic rings. The number of benzene rings is 8. The third-order valence-corrected chi connectivity index (χ3v) is 24.4. The number of anilines is 4. The molecule has 0 fully saturated rings. The zero-order valence-corrected chi connectivity index (χ0v) is 63.6. The average molecular weight is 1690 g/mol. The second-order valence-corrected chi connectivity index (χ2v) is 32.7. The molecule has 0 heterocycles. The first-order chi connectivity index (χ1) is 49.9. The Bertz CT molecular complexity index is 5100. The smallest absolute Gasteiger partial charge is 0.258 e. The van der Waals surface area contributed by atoms with E-state index >= 15 is 0 Å². The molecule has 1 atom stereocenters. The van der Waals surface area contributed by atoms with Crippen molar-refractivity contribution in [2.24, 2.45) is 0 Å². The van der Waals surface area contributed by atoms with Crippen LogP contribution in [0.4, 0.5) is 62.3 Å². The van der Waals surface area contributed by atoms with Gasteiger partial charge in [0.25, 0.3) is 23.6 Å². The van der Waals surface area contributed by atoms with E-state index in [9.17, 15) is 88.2 Å². The molecule has 0 spiro atoms. The van der Waals surface area contributed by atoms with Crippen LogP contribution >= 0.6 is 39.1 Å². The van der Waals surface area contributed by atoms with E-state index in [0.29, 0.717) is 46.0 Å². The second kappa shape index (κ2) is 38.6. The lowest BCUT2D eigenvalue weighted by Crippen LogP contribution is -2.30. The maximum Gasteiger partial charge on any atom is 0.258 e. The molecule has 0 aromatic heterocycles. The van der Waals surface area contributed by atoms with Gasteiger partial charge in [0, 0.05) is 110 Å². The van der Waals surface area contributed by atoms with E-state index in [-0.39, 0.29) is 109 Å². The first-order valence-corrected chi connectivity index (χ1v) is 38.1. The molecule has 0 radical (unpaired) electrons. The van der Waals surface area contributed by atoms with Gasteiger partial charge >= 0.3 is 0 Å². The van der Waals surface area contributed by atoms with Crippen LogP contribution in [-0.4, -0.2) is 177 Å². The molecular weight excluding hydrogens is 1620 g/mol. The minimum atomic E-state index is -4.14. The fraction of sp³-hybridized carbons (Fsp3) is 0.221. The third-order valence-electron chi connectivity index (χ3n) is 15.0. The van der Waals surface area contributed by atoms with Gasteiger partial charge in [-0.1, -0.05) is 35.3 Å². The number of halogens is 12. The third kappa shape index (κ3) is 23.1. The van der Waals surface area contributed by atoms with Crippen LogP contribution in [0.5, 0.6) is 0 Å². The lowest BCUT2D eigenvalue weighted by Gasteiger charge is -2.21. The summed E-state index contributed by atoms with van der Waals surface area (Å²) in [5, 5.41) is 45.2. The van der Waals surface area contributed by atoms with Crippen LogP contribution in [-0.2, 0) is 39.8 Å². The second-order valence-electron chi connectivity index (χ2n) is 22.6. The molecule has 8 aromatic rings. The van der Waals surface area contributed by atoms with E-state index in [1.807, 2.05) is 5.32 Å². The Morgan fingerprint density at radius 2 is 0.757 bits per heavy atom. The molecule has 0 saturated heterocycles. The quantitative estimate of drug-likeness (QED) is 0.0158. The molecular formula is C68H68BrCl2F9N8O15S4. The van der Waals surface area contributed by atoms with E-state index < -0.39 is 134 Å². The van der Waals surface area contributed by atoms with Gasteiger partial charge in [-0.2, -0.15) is 12.9 Å². The molecule has 1 unspecified atom stereocenters. The van der Waals surface area contributed by atoms with Crippen LogP contribution < -0.4 is 21.3 Å². The van der Waals surface area contributed by atoms with Gasteiger partial charge in [0.2, 0.25) is 30.1 Å². The zero-order chi connectivity index (χ0) is 80.5. The summed E-state index contributed by atoms with van der Waals surface area (Å²) in [4.78, 5) is 49.3. The standard InChI is InChI=1S/C17H18BrFN2O4S.C17H17Cl2FN2O3S.C17H16F4N2O4S.C17H17F3N2O4S/c1-11-3-4-12(9-16(11)26(24,25)21(2)7-8-22)17(23)20-13-5-6-15(19)14(18)10-13;1-22(7-8-23)26(2,25)12-4-5-14(18)13(10-12)17(24)21-11-3-6-16(20)15(19)9-11;1-9-5-12(18)11(8-15(9)28(26,27)23(2)3-4-24)17(25)22-10-6-13(19)16(21)14(20)7-10;1-10-3-4-11(7-15(10)27(25,26)22(2)5-6-23)17(24)21-12-8-13(18)16(20)14(19)9-12/h3-6,9-10,22H,7-8H2,1-2H3,(H,20,23);3-6,9-10,23H,2,7-8H2,1H3,(H,21,24);5-8,24H,3-4H2,1-2H3,(H,22,25);3-4,7-9,23H,5-6H2,1-2H3,(H,21,24). The number of sulfonamides is 3. The molecule has 0 aliphatic heterocycles. The number of aliphatic hydroxyl groups excluding tert-OH is 4. The minimum Gasteiger partial charge on any atom is -0.395 e. The Labute approximate surface area is 628 Å². The fourth-order valence-electron chi connectivity index (χ4n) is 8.98. The maximum atomic E-state index is 14.2. The van der Waals surface area contributed by atoms with Gasteiger partial charge in [-0.3, -0.25) is 19.2 Å². The highest BCUT2D eigenvalue weighted by atomic mass is 79.9. The number of hydrogen-bond donors (Lipinski definition) is 8. The summed E-state index contributed by atoms with van der Waals surface area (Å²) in [7, 11) is -9.44. The number of nitrogens with zero attached hydrogens (tertiary/aromatic N) is 4. The summed E-state index contributed by atoms with van der Waals surface area (Å²) in [5.41, 5.74) is 0.158. The first-order valence-electron chi connectivity index (χ1n) is 30.6. The van der Waals surface area contributed by atoms with Crippen LogP contribution in [0.25, 0.3) is 0 Å². The Morgan fingerprint density at radius 1 is 0.393 bits per heavy atom. The van der Waals surface area contributed by atoms with Crippen LogP contribution in [0.15, 0.2) is 151 Å². The van der Waals surface area contributed by atoms with E-state index in [2.05, 4.69) is 37.8 Å². The van der Waals surface area contributed by atoms with Gasteiger partial charge in [-0.05, 0) is 157 Å². The van der Waals surface area contributed by atoms with Gasteiger partial charge in [0.1, 0.15) is 17.5 Å². The summed E-state index contributed by atoms with van der Waals surface area (Å²) in [6.07, 6.45) is 0. The van der Waals surface area contributed by atoms with Crippen molar-refractivity contribution in [3.05, 3.63) is 233 Å². The molecule has 8 rings (SSSR count). The van der Waals surface area contributed by atoms with Gasteiger partial charge in [-0.25, -0.2) is 73.3 Å². The van der Waals surface area contributed by atoms with Crippen molar-refractivity contribution in [3.8, 4) is 0 Å². The highest BCUT2D eigenvalue weighted by Crippen LogP contribution is 2.30. The lowest BCUT2D eigenvalue weighted by atomic mass is 10.1. The lowest BCUT2D eigenvalue weighted by molar-refractivity contribution is 0.101. The van der Waals surface area contributed by atoms with Crippen LogP contribution in [0.2, 0.25) is 10.0 Å². The molecule has 0 aliphatic carbocycles. The Hall–Kier alpha value is -8.38. The predicted octanol–water partition coefficient (Wildman–Crippen LogP) is 10.8. The molecule has 8 N–H and O–H groups in total. The van der Waals surface area contributed by atoms with E-state index in [4.69, 9.17) is 43.6 Å². The fourth-order valence-corrected chi connectivity index (χ4v) is 15.3. The summed E-state index contributed by atoms with van der Waals surface area (Å²) >= 11 is 14.8. The van der Waals surface area contributed by atoms with Gasteiger partial charge in [-0.15, -0.1) is 0 Å². The monoisotopic (exact) mass is 1680 g/mol. The van der Waals surface area contributed by atoms with Crippen molar-refractivity contribution in [3.63, 3.8) is 0 Å². The largest absolute Gasteiger partial charge is 0.395 e. The topological polar surface area (TPSA) is 330 Å². The molecule has 0 saturated carbocycles. The van der Waals surface area contributed by atoms with Crippen molar-refractivity contribution < 1.29 is 109 Å². The summed E-state index contributed by atoms with van der Waals surface area (Å²) < 4.78 is 212. The number of hydrogen-bond acceptors (Lipinski definition) is 15. The molecule has 39 heteroatoms.